The first-order chi connectivity index (χ1) is 54.1. The van der Waals surface area contributed by atoms with Crippen molar-refractivity contribution in [3.8, 4) is 0 Å². The molecule has 8 N–H and O–H groups in total. The molecule has 1 atom stereocenters. The quantitative estimate of drug-likeness (QED) is 0.0655. The second-order valence-electron chi connectivity index (χ2n) is 30.3. The summed E-state index contributed by atoms with van der Waals surface area (Å²) in [6.07, 6.45) is 11.1. The monoisotopic (exact) mass is 1660 g/mol. The minimum atomic E-state index is -4.47. The molecule has 5 aromatic carbocycles. The molecule has 11 aromatic rings. The minimum absolute atomic E-state index is 0.0138. The van der Waals surface area contributed by atoms with Gasteiger partial charge in [0, 0.05) is 200 Å². The number of hydrogen-bond donors (Lipinski definition) is 8. The van der Waals surface area contributed by atoms with Gasteiger partial charge in [-0.3, -0.25) is 39.9 Å². The average molecular weight is 1660 g/mol. The van der Waals surface area contributed by atoms with Crippen molar-refractivity contribution in [2.45, 2.75) is 121 Å². The van der Waals surface area contributed by atoms with E-state index in [1.807, 2.05) is 60.6 Å². The maximum Gasteiger partial charge on any atom is 0.416 e. The number of piperazine rings is 2. The van der Waals surface area contributed by atoms with E-state index in [-0.39, 0.29) is 47.9 Å². The fraction of sp³-hybridized carbons (Fsp3) is 0.453. The zero-order valence-electron chi connectivity index (χ0n) is 63.5. The maximum atomic E-state index is 13.1. The molecule has 6 aromatic heterocycles. The highest BCUT2D eigenvalue weighted by Crippen LogP contribution is 2.43. The maximum absolute atomic E-state index is 13.1. The standard InChI is InChI=1S/C16H19ClN4O.C15H17ClN4O.C15H14F3N5.C15H21N5O3S.C14H17F3N4O2S/c17-11-8-13-12(10-18-20-13)14(9-11)21-6-4-16(5-7-21)3-1-2-15(22)19-16;16-10-7-12-11(9-17-19-12)13(8-10)20-5-3-15(4-6-20)2-1-14(21)18-15;1-8-20-11-2-3-23(7-13(11)21-8)14-5-9(15(16,17)18)4-12-10(14)6-19-22-12;1-11(21)18(2)12-8-14-13(10-16-17-14)15(9-12)19-4-6-20(7-5-19)24(3,22)23;1-9-8-20(24(2,22)23)3-4-21(9)13-6-10(14(15,16)17)5-12-11(13)7-18-19-12/h8-10H,1-7H2,(H,18,20)(H,19,22);7-9H,1-6H2,(H,17,19)(H,18,21);4-6H,2-3,7H2,1H3,(H,19,22)(H,20,21);8-10H,4-7H2,1-3H3,(H,16,17);5-7,9H,3-4,8H2,1-2H3,(H,18,19)/t;;;;9-/m....0/s1. The van der Waals surface area contributed by atoms with Crippen LogP contribution in [-0.2, 0) is 59.7 Å². The second-order valence-corrected chi connectivity index (χ2v) is 35.1. The fourth-order valence-corrected chi connectivity index (χ4v) is 18.6. The summed E-state index contributed by atoms with van der Waals surface area (Å²) in [5.41, 5.74) is 8.99. The minimum Gasteiger partial charge on any atom is -0.371 e. The summed E-state index contributed by atoms with van der Waals surface area (Å²) in [4.78, 5) is 54.6. The van der Waals surface area contributed by atoms with Gasteiger partial charge in [0.25, 0.3) is 0 Å². The van der Waals surface area contributed by atoms with Gasteiger partial charge in [-0.25, -0.2) is 21.8 Å². The van der Waals surface area contributed by atoms with Gasteiger partial charge in [0.1, 0.15) is 5.82 Å². The lowest BCUT2D eigenvalue weighted by molar-refractivity contribution is -0.138. The van der Waals surface area contributed by atoms with Crippen molar-refractivity contribution in [3.63, 3.8) is 0 Å². The first-order valence-corrected chi connectivity index (χ1v) is 41.9. The number of carbonyl (C=O) groups is 3. The van der Waals surface area contributed by atoms with Crippen LogP contribution in [-0.4, -0.2) is 219 Å². The summed E-state index contributed by atoms with van der Waals surface area (Å²) in [7, 11) is -4.75. The number of hydrogen-bond acceptors (Lipinski definition) is 18. The van der Waals surface area contributed by atoms with Crippen LogP contribution >= 0.6 is 23.2 Å². The highest BCUT2D eigenvalue weighted by Gasteiger charge is 2.42. The van der Waals surface area contributed by atoms with Crippen LogP contribution in [0, 0.1) is 6.92 Å². The first-order valence-electron chi connectivity index (χ1n) is 37.4. The Morgan fingerprint density at radius 3 is 1.38 bits per heavy atom. The van der Waals surface area contributed by atoms with Crippen molar-refractivity contribution in [1.29, 1.82) is 0 Å². The number of rotatable bonds is 8. The summed E-state index contributed by atoms with van der Waals surface area (Å²) >= 11 is 12.4. The van der Waals surface area contributed by atoms with Crippen LogP contribution < -0.4 is 40.0 Å². The van der Waals surface area contributed by atoms with Crippen LogP contribution in [0.1, 0.15) is 100.0 Å². The number of benzene rings is 5. The fourth-order valence-electron chi connectivity index (χ4n) is 16.4. The van der Waals surface area contributed by atoms with E-state index < -0.39 is 43.5 Å². The SMILES string of the molecule is CC(=O)N(C)c1cc(N2CCN(S(C)(=O)=O)CC2)c2cn[nH]c2c1.C[C@H]1CN(S(C)(=O)=O)CCN1c1cc(C(F)(F)F)cc2[nH]ncc12.Cc1nc2c([nH]1)CN(c1cc(C(F)(F)F)cc3[nH]ncc13)CC2.O=C1CCC2(CCN(c3cc(Cl)cc4[nH]ncc34)CC2)N1.O=C1CCCC2(CCN(c3cc(Cl)cc4[nH]ncc34)CC2)N1. The number of H-pyrrole nitrogens is 6. The van der Waals surface area contributed by atoms with Crippen molar-refractivity contribution >= 4 is 150 Å². The van der Waals surface area contributed by atoms with Crippen LogP contribution in [0.15, 0.2) is 91.6 Å². The number of aryl methyl sites for hydroxylation is 1. The Balaban J connectivity index is 0.000000118. The molecule has 0 unspecified atom stereocenters. The van der Waals surface area contributed by atoms with Crippen LogP contribution in [0.3, 0.4) is 0 Å². The number of imidazole rings is 1. The molecule has 0 bridgehead atoms. The number of nitrogens with zero attached hydrogens (tertiary/aromatic N) is 14. The van der Waals surface area contributed by atoms with Crippen molar-refractivity contribution in [2.75, 3.05) is 127 Å². The second kappa shape index (κ2) is 32.0. The van der Waals surface area contributed by atoms with Gasteiger partial charge in [0.05, 0.1) is 100 Å². The third-order valence-electron chi connectivity index (χ3n) is 22.6. The molecular weight excluding hydrogens is 1570 g/mol. The summed E-state index contributed by atoms with van der Waals surface area (Å²) in [5.74, 6) is 1.18. The Labute approximate surface area is 662 Å². The van der Waals surface area contributed by atoms with Gasteiger partial charge in [-0.05, 0) is 119 Å². The van der Waals surface area contributed by atoms with Crippen molar-refractivity contribution in [2.24, 2.45) is 0 Å². The van der Waals surface area contributed by atoms with Gasteiger partial charge < -0.3 is 45.0 Å². The number of alkyl halides is 6. The van der Waals surface area contributed by atoms with Gasteiger partial charge >= 0.3 is 12.4 Å². The van der Waals surface area contributed by atoms with Gasteiger partial charge in [-0.1, -0.05) is 23.2 Å². The zero-order chi connectivity index (χ0) is 81.0. The van der Waals surface area contributed by atoms with E-state index in [2.05, 4.69) is 86.3 Å². The lowest BCUT2D eigenvalue weighted by Gasteiger charge is -2.45. The summed E-state index contributed by atoms with van der Waals surface area (Å²) in [5, 5.41) is 46.5. The highest BCUT2D eigenvalue weighted by atomic mass is 35.5. The molecule has 114 heavy (non-hydrogen) atoms. The van der Waals surface area contributed by atoms with Crippen molar-refractivity contribution in [1.82, 2.24) is 80.2 Å². The first kappa shape index (κ1) is 80.6. The number of aromatic nitrogens is 12. The van der Waals surface area contributed by atoms with Gasteiger partial charge in [-0.2, -0.15) is 60.4 Å². The van der Waals surface area contributed by atoms with Crippen LogP contribution in [0.25, 0.3) is 54.5 Å². The van der Waals surface area contributed by atoms with E-state index in [4.69, 9.17) is 23.2 Å². The Morgan fingerprint density at radius 1 is 0.509 bits per heavy atom. The number of aromatic amines is 6. The number of carbonyl (C=O) groups excluding carboxylic acids is 3. The molecule has 7 aliphatic rings. The number of fused-ring (bicyclic) bond motifs is 6. The molecule has 0 saturated carbocycles. The van der Waals surface area contributed by atoms with E-state index >= 15 is 0 Å². The predicted molar refractivity (Wildman–Crippen MR) is 427 cm³/mol. The number of halogens is 8. The Bertz CT molecular complexity index is 5630. The van der Waals surface area contributed by atoms with Crippen molar-refractivity contribution < 1.29 is 57.6 Å². The molecule has 608 valence electrons. The van der Waals surface area contributed by atoms with E-state index in [1.165, 1.54) is 34.1 Å². The molecule has 0 aliphatic carbocycles. The lowest BCUT2D eigenvalue weighted by Crippen LogP contribution is -2.57. The van der Waals surface area contributed by atoms with Gasteiger partial charge in [0.2, 0.25) is 37.8 Å². The molecule has 6 saturated heterocycles. The Kier molecular flexibility index (Phi) is 22.7. The van der Waals surface area contributed by atoms with Crippen LogP contribution in [0.2, 0.25) is 10.0 Å². The van der Waals surface area contributed by atoms with Crippen LogP contribution in [0.4, 0.5) is 60.5 Å². The van der Waals surface area contributed by atoms with Crippen molar-refractivity contribution in [3.05, 3.63) is 130 Å². The largest absolute Gasteiger partial charge is 0.416 e. The average Bonchev–Trinajstić information content (AvgIpc) is 1.51. The molecule has 0 radical (unpaired) electrons. The molecule has 18 rings (SSSR count). The molecule has 29 nitrogen and oxygen atoms in total. The summed E-state index contributed by atoms with van der Waals surface area (Å²) < 4.78 is 128. The van der Waals surface area contributed by atoms with E-state index in [0.717, 1.165) is 178 Å². The topological polar surface area (TPSA) is 342 Å². The number of amides is 3. The predicted octanol–water partition coefficient (Wildman–Crippen LogP) is 11.2. The lowest BCUT2D eigenvalue weighted by atomic mass is 9.80. The van der Waals surface area contributed by atoms with Gasteiger partial charge in [-0.15, -0.1) is 0 Å². The molecule has 39 heteroatoms. The molecule has 2 spiro atoms. The normalized spacial score (nSPS) is 18.9. The molecule has 7 aliphatic heterocycles. The van der Waals surface area contributed by atoms with Gasteiger partial charge in [0.15, 0.2) is 0 Å². The molecular formula is C75H88Cl2F6N22O7S2. The molecule has 13 heterocycles. The zero-order valence-corrected chi connectivity index (χ0v) is 66.6. The summed E-state index contributed by atoms with van der Waals surface area (Å²) in [6, 6.07) is 15.8. The third kappa shape index (κ3) is 17.6. The Hall–Kier alpha value is -9.95. The number of sulfonamides is 2. The molecule has 3 amide bonds. The smallest absolute Gasteiger partial charge is 0.371 e. The van der Waals surface area contributed by atoms with E-state index in [9.17, 15) is 57.6 Å². The highest BCUT2D eigenvalue weighted by molar-refractivity contribution is 7.88. The van der Waals surface area contributed by atoms with E-state index in [0.29, 0.717) is 98.3 Å². The molecule has 6 fully saturated rings. The number of nitrogens with one attached hydrogen (secondary N) is 8. The van der Waals surface area contributed by atoms with E-state index in [1.54, 1.807) is 36.2 Å². The third-order valence-corrected chi connectivity index (χ3v) is 25.7. The number of piperidine rings is 3. The van der Waals surface area contributed by atoms with Crippen LogP contribution in [0.5, 0.6) is 0 Å². The number of anilines is 6. The summed E-state index contributed by atoms with van der Waals surface area (Å²) in [6.45, 7) is 12.9. The Morgan fingerprint density at radius 2 is 0.930 bits per heavy atom.